The van der Waals surface area contributed by atoms with Crippen LogP contribution in [0.2, 0.25) is 0 Å². The SMILES string of the molecule is CN(C)C(=O)OC(C)(C)C.CNC(=O)C(CCC=O)n1c(=O)n(C)c2cc(C#CCN3CCOCC3)ccc21. The zero-order valence-electron chi connectivity index (χ0n) is 24.1. The Morgan fingerprint density at radius 3 is 2.41 bits per heavy atom. The first-order valence-electron chi connectivity index (χ1n) is 12.9. The van der Waals surface area contributed by atoms with Gasteiger partial charge < -0.3 is 24.5 Å². The van der Waals surface area contributed by atoms with E-state index in [1.165, 1.54) is 21.1 Å². The average molecular weight is 544 g/mol. The molecule has 11 nitrogen and oxygen atoms in total. The number of carbonyl (C=O) groups excluding carboxylic acids is 3. The van der Waals surface area contributed by atoms with Crippen molar-refractivity contribution in [2.75, 3.05) is 54.0 Å². The number of hydrogen-bond donors (Lipinski definition) is 1. The van der Waals surface area contributed by atoms with E-state index in [2.05, 4.69) is 22.1 Å². The molecule has 1 unspecified atom stereocenters. The second kappa shape index (κ2) is 14.5. The lowest BCUT2D eigenvalue weighted by atomic mass is 10.1. The van der Waals surface area contributed by atoms with E-state index in [-0.39, 0.29) is 36.1 Å². The highest BCUT2D eigenvalue weighted by Crippen LogP contribution is 2.21. The minimum atomic E-state index is -0.736. The molecule has 1 fully saturated rings. The number of imidazole rings is 1. The van der Waals surface area contributed by atoms with Crippen LogP contribution in [0.15, 0.2) is 23.0 Å². The Morgan fingerprint density at radius 1 is 1.21 bits per heavy atom. The number of likely N-dealkylation sites (N-methyl/N-ethyl adjacent to an activating group) is 1. The molecular formula is C28H41N5O6. The van der Waals surface area contributed by atoms with Gasteiger partial charge in [-0.15, -0.1) is 0 Å². The van der Waals surface area contributed by atoms with Crippen molar-refractivity contribution in [2.24, 2.45) is 7.05 Å². The molecule has 1 atom stereocenters. The van der Waals surface area contributed by atoms with Crippen molar-refractivity contribution in [3.63, 3.8) is 0 Å². The minimum Gasteiger partial charge on any atom is -0.444 e. The Balaban J connectivity index is 0.000000455. The van der Waals surface area contributed by atoms with Crippen molar-refractivity contribution in [2.45, 2.75) is 45.3 Å². The molecule has 214 valence electrons. The molecule has 1 aromatic carbocycles. The summed E-state index contributed by atoms with van der Waals surface area (Å²) >= 11 is 0. The van der Waals surface area contributed by atoms with Crippen molar-refractivity contribution in [1.29, 1.82) is 0 Å². The maximum Gasteiger partial charge on any atom is 0.409 e. The fourth-order valence-corrected chi connectivity index (χ4v) is 3.88. The molecule has 1 saturated heterocycles. The van der Waals surface area contributed by atoms with E-state index in [1.807, 2.05) is 39.0 Å². The van der Waals surface area contributed by atoms with E-state index in [9.17, 15) is 19.2 Å². The number of fused-ring (bicyclic) bond motifs is 1. The molecule has 3 rings (SSSR count). The lowest BCUT2D eigenvalue weighted by Crippen LogP contribution is -2.36. The van der Waals surface area contributed by atoms with Crippen LogP contribution in [0.1, 0.15) is 45.2 Å². The van der Waals surface area contributed by atoms with Gasteiger partial charge in [-0.3, -0.25) is 18.8 Å². The lowest BCUT2D eigenvalue weighted by molar-refractivity contribution is -0.124. The summed E-state index contributed by atoms with van der Waals surface area (Å²) in [4.78, 5) is 50.5. The first-order valence-corrected chi connectivity index (χ1v) is 12.9. The molecule has 2 aromatic rings. The summed E-state index contributed by atoms with van der Waals surface area (Å²) in [6, 6.07) is 4.79. The van der Waals surface area contributed by atoms with E-state index in [1.54, 1.807) is 21.1 Å². The number of morpholine rings is 1. The van der Waals surface area contributed by atoms with Gasteiger partial charge in [-0.05, 0) is 45.4 Å². The Hall–Kier alpha value is -3.62. The van der Waals surface area contributed by atoms with Crippen LogP contribution in [0.4, 0.5) is 4.79 Å². The monoisotopic (exact) mass is 543 g/mol. The van der Waals surface area contributed by atoms with Crippen molar-refractivity contribution >= 4 is 29.3 Å². The molecule has 1 aliphatic heterocycles. The summed E-state index contributed by atoms with van der Waals surface area (Å²) in [6.45, 7) is 9.43. The van der Waals surface area contributed by atoms with Gasteiger partial charge in [0.2, 0.25) is 5.91 Å². The van der Waals surface area contributed by atoms with Gasteiger partial charge in [0, 0.05) is 53.3 Å². The predicted molar refractivity (Wildman–Crippen MR) is 150 cm³/mol. The number of amides is 2. The first-order chi connectivity index (χ1) is 18.4. The van der Waals surface area contributed by atoms with E-state index in [4.69, 9.17) is 9.47 Å². The molecule has 11 heteroatoms. The van der Waals surface area contributed by atoms with Gasteiger partial charge >= 0.3 is 11.8 Å². The third-order valence-electron chi connectivity index (χ3n) is 5.91. The first kappa shape index (κ1) is 31.6. The molecule has 1 aliphatic rings. The van der Waals surface area contributed by atoms with Gasteiger partial charge in [0.25, 0.3) is 0 Å². The lowest BCUT2D eigenvalue weighted by Gasteiger charge is -2.24. The largest absolute Gasteiger partial charge is 0.444 e. The van der Waals surface area contributed by atoms with Crippen LogP contribution in [-0.4, -0.2) is 96.8 Å². The number of aryl methyl sites for hydroxylation is 1. The Morgan fingerprint density at radius 2 is 1.87 bits per heavy atom. The van der Waals surface area contributed by atoms with E-state index in [0.29, 0.717) is 17.6 Å². The average Bonchev–Trinajstić information content (AvgIpc) is 3.13. The van der Waals surface area contributed by atoms with E-state index in [0.717, 1.165) is 38.2 Å². The topological polar surface area (TPSA) is 115 Å². The highest BCUT2D eigenvalue weighted by molar-refractivity contribution is 5.84. The van der Waals surface area contributed by atoms with Crippen LogP contribution in [0.5, 0.6) is 0 Å². The molecule has 0 radical (unpaired) electrons. The Bertz CT molecular complexity index is 1260. The maximum atomic E-state index is 12.8. The summed E-state index contributed by atoms with van der Waals surface area (Å²) in [5.74, 6) is 6.04. The predicted octanol–water partition coefficient (Wildman–Crippen LogP) is 1.77. The number of carbonyl (C=O) groups is 3. The van der Waals surface area contributed by atoms with Gasteiger partial charge in [0.15, 0.2) is 0 Å². The molecule has 0 aliphatic carbocycles. The molecular weight excluding hydrogens is 502 g/mol. The molecule has 0 bridgehead atoms. The van der Waals surface area contributed by atoms with Crippen molar-refractivity contribution < 1.29 is 23.9 Å². The normalized spacial score (nSPS) is 14.3. The molecule has 2 heterocycles. The summed E-state index contributed by atoms with van der Waals surface area (Å²) in [7, 11) is 6.52. The number of hydrogen-bond acceptors (Lipinski definition) is 7. The molecule has 1 aromatic heterocycles. The number of nitrogens with one attached hydrogen (secondary N) is 1. The number of rotatable bonds is 6. The van der Waals surface area contributed by atoms with Crippen molar-refractivity contribution in [3.05, 3.63) is 34.2 Å². The summed E-state index contributed by atoms with van der Waals surface area (Å²) in [6.07, 6.45) is 0.927. The number of nitrogens with zero attached hydrogens (tertiary/aromatic N) is 4. The highest BCUT2D eigenvalue weighted by Gasteiger charge is 2.24. The van der Waals surface area contributed by atoms with Crippen LogP contribution in [0.3, 0.4) is 0 Å². The standard InChI is InChI=1S/C21H26N4O4.C7H15NO2/c1-22-20(27)18(6-4-12-26)25-17-8-7-16(15-19(17)23(2)21(25)28)5-3-9-24-10-13-29-14-11-24;1-7(2,3)10-6(9)8(4)5/h7-8,12,15,18H,4,6,9-11,13-14H2,1-2H3,(H,22,27);1-5H3. The fourth-order valence-electron chi connectivity index (χ4n) is 3.88. The Labute approximate surface area is 230 Å². The Kier molecular flexibility index (Phi) is 11.8. The van der Waals surface area contributed by atoms with Gasteiger partial charge in [0.05, 0.1) is 30.8 Å². The fraction of sp³-hybridized carbons (Fsp3) is 0.571. The molecule has 2 amide bonds. The molecule has 1 N–H and O–H groups in total. The van der Waals surface area contributed by atoms with Gasteiger partial charge in [0.1, 0.15) is 17.9 Å². The zero-order chi connectivity index (χ0) is 29.2. The quantitative estimate of drug-likeness (QED) is 0.436. The molecule has 0 saturated carbocycles. The second-order valence-corrected chi connectivity index (χ2v) is 10.4. The van der Waals surface area contributed by atoms with E-state index >= 15 is 0 Å². The zero-order valence-corrected chi connectivity index (χ0v) is 24.1. The number of aldehydes is 1. The van der Waals surface area contributed by atoms with E-state index < -0.39 is 6.04 Å². The van der Waals surface area contributed by atoms with Gasteiger partial charge in [-0.1, -0.05) is 11.8 Å². The second-order valence-electron chi connectivity index (χ2n) is 10.4. The molecule has 0 spiro atoms. The van der Waals surface area contributed by atoms with Crippen molar-refractivity contribution in [3.8, 4) is 11.8 Å². The summed E-state index contributed by atoms with van der Waals surface area (Å²) in [5, 5.41) is 2.58. The summed E-state index contributed by atoms with van der Waals surface area (Å²) < 4.78 is 13.3. The maximum absolute atomic E-state index is 12.8. The third kappa shape index (κ3) is 9.26. The van der Waals surface area contributed by atoms with Gasteiger partial charge in [-0.2, -0.15) is 0 Å². The third-order valence-corrected chi connectivity index (χ3v) is 5.91. The number of benzene rings is 1. The van der Waals surface area contributed by atoms with Crippen LogP contribution in [0, 0.1) is 11.8 Å². The van der Waals surface area contributed by atoms with Crippen molar-refractivity contribution in [1.82, 2.24) is 24.3 Å². The minimum absolute atomic E-state index is 0.200. The number of ether oxygens (including phenoxy) is 2. The summed E-state index contributed by atoms with van der Waals surface area (Å²) in [5.41, 5.74) is 1.48. The smallest absolute Gasteiger partial charge is 0.409 e. The number of aromatic nitrogens is 2. The van der Waals surface area contributed by atoms with Crippen LogP contribution < -0.4 is 11.0 Å². The van der Waals surface area contributed by atoms with Crippen LogP contribution in [0.25, 0.3) is 11.0 Å². The highest BCUT2D eigenvalue weighted by atomic mass is 16.6. The molecule has 39 heavy (non-hydrogen) atoms. The van der Waals surface area contributed by atoms with Crippen LogP contribution in [-0.2, 0) is 26.1 Å². The van der Waals surface area contributed by atoms with Crippen LogP contribution >= 0.6 is 0 Å². The van der Waals surface area contributed by atoms with Gasteiger partial charge in [-0.25, -0.2) is 9.59 Å².